The molecule has 0 bridgehead atoms. The van der Waals surface area contributed by atoms with E-state index in [-0.39, 0.29) is 6.04 Å². The van der Waals surface area contributed by atoms with Crippen LogP contribution in [0.2, 0.25) is 0 Å². The number of thiazole rings is 1. The van der Waals surface area contributed by atoms with E-state index in [1.54, 1.807) is 11.3 Å². The van der Waals surface area contributed by atoms with Gasteiger partial charge in [-0.25, -0.2) is 4.98 Å². The van der Waals surface area contributed by atoms with E-state index in [2.05, 4.69) is 53.5 Å². The molecule has 3 rings (SSSR count). The summed E-state index contributed by atoms with van der Waals surface area (Å²) in [6.45, 7) is 1.96. The van der Waals surface area contributed by atoms with E-state index in [0.29, 0.717) is 0 Å². The first-order valence-electron chi connectivity index (χ1n) is 6.61. The molecule has 0 fully saturated rings. The maximum atomic E-state index is 5.85. The highest BCUT2D eigenvalue weighted by atomic mass is 32.1. The average Bonchev–Trinajstić information content (AvgIpc) is 2.98. The first-order chi connectivity index (χ1) is 9.74. The fourth-order valence-electron chi connectivity index (χ4n) is 2.06. The van der Waals surface area contributed by atoms with Gasteiger partial charge in [-0.1, -0.05) is 54.6 Å². The third-order valence-corrected chi connectivity index (χ3v) is 4.14. The van der Waals surface area contributed by atoms with Crippen LogP contribution in [-0.4, -0.2) is 4.98 Å². The standard InChI is InChI=1S/C17H16N2S/c1-12(18)16-11-20-17(19-16)15-9-7-14(8-10-15)13-5-3-2-4-6-13/h2-12H,18H2,1H3. The molecule has 3 heteroatoms. The molecule has 0 spiro atoms. The third kappa shape index (κ3) is 2.64. The summed E-state index contributed by atoms with van der Waals surface area (Å²) >= 11 is 1.64. The van der Waals surface area contributed by atoms with Gasteiger partial charge in [-0.15, -0.1) is 11.3 Å². The van der Waals surface area contributed by atoms with E-state index >= 15 is 0 Å². The predicted molar refractivity (Wildman–Crippen MR) is 85.6 cm³/mol. The number of hydrogen-bond acceptors (Lipinski definition) is 3. The van der Waals surface area contributed by atoms with Crippen LogP contribution in [0.15, 0.2) is 60.0 Å². The minimum absolute atomic E-state index is 0.0106. The molecule has 0 aliphatic rings. The minimum atomic E-state index is -0.0106. The van der Waals surface area contributed by atoms with Gasteiger partial charge in [0.1, 0.15) is 5.01 Å². The van der Waals surface area contributed by atoms with Gasteiger partial charge in [-0.3, -0.25) is 0 Å². The Morgan fingerprint density at radius 3 is 2.10 bits per heavy atom. The summed E-state index contributed by atoms with van der Waals surface area (Å²) in [6.07, 6.45) is 0. The molecule has 2 aromatic carbocycles. The van der Waals surface area contributed by atoms with Gasteiger partial charge in [0.2, 0.25) is 0 Å². The van der Waals surface area contributed by atoms with Crippen molar-refractivity contribution >= 4 is 11.3 Å². The van der Waals surface area contributed by atoms with E-state index in [0.717, 1.165) is 16.3 Å². The lowest BCUT2D eigenvalue weighted by molar-refractivity contribution is 0.790. The molecule has 1 unspecified atom stereocenters. The molecule has 100 valence electrons. The lowest BCUT2D eigenvalue weighted by Crippen LogP contribution is -2.04. The van der Waals surface area contributed by atoms with Gasteiger partial charge < -0.3 is 5.73 Å². The Kier molecular flexibility index (Phi) is 3.63. The largest absolute Gasteiger partial charge is 0.323 e. The maximum absolute atomic E-state index is 5.85. The first kappa shape index (κ1) is 13.0. The Morgan fingerprint density at radius 2 is 1.50 bits per heavy atom. The number of hydrogen-bond donors (Lipinski definition) is 1. The van der Waals surface area contributed by atoms with Crippen LogP contribution in [0.5, 0.6) is 0 Å². The monoisotopic (exact) mass is 280 g/mol. The second kappa shape index (κ2) is 5.57. The zero-order valence-electron chi connectivity index (χ0n) is 11.3. The Hall–Kier alpha value is -1.97. The summed E-state index contributed by atoms with van der Waals surface area (Å²) in [5, 5.41) is 3.06. The topological polar surface area (TPSA) is 38.9 Å². The lowest BCUT2D eigenvalue weighted by Gasteiger charge is -2.03. The second-order valence-electron chi connectivity index (χ2n) is 4.81. The Labute approximate surface area is 122 Å². The molecule has 2 N–H and O–H groups in total. The van der Waals surface area contributed by atoms with Gasteiger partial charge in [-0.05, 0) is 18.1 Å². The van der Waals surface area contributed by atoms with Gasteiger partial charge in [0, 0.05) is 17.0 Å². The Morgan fingerprint density at radius 1 is 0.900 bits per heavy atom. The molecule has 2 nitrogen and oxygen atoms in total. The Bertz CT molecular complexity index is 685. The van der Waals surface area contributed by atoms with Crippen LogP contribution >= 0.6 is 11.3 Å². The maximum Gasteiger partial charge on any atom is 0.123 e. The fraction of sp³-hybridized carbons (Fsp3) is 0.118. The number of benzene rings is 2. The van der Waals surface area contributed by atoms with Crippen LogP contribution < -0.4 is 5.73 Å². The summed E-state index contributed by atoms with van der Waals surface area (Å²) in [7, 11) is 0. The van der Waals surface area contributed by atoms with E-state index in [9.17, 15) is 0 Å². The first-order valence-corrected chi connectivity index (χ1v) is 7.49. The minimum Gasteiger partial charge on any atom is -0.323 e. The number of nitrogens with two attached hydrogens (primary N) is 1. The zero-order valence-corrected chi connectivity index (χ0v) is 12.1. The van der Waals surface area contributed by atoms with Crippen molar-refractivity contribution in [2.75, 3.05) is 0 Å². The smallest absolute Gasteiger partial charge is 0.123 e. The van der Waals surface area contributed by atoms with Gasteiger partial charge >= 0.3 is 0 Å². The van der Waals surface area contributed by atoms with E-state index in [1.165, 1.54) is 11.1 Å². The lowest BCUT2D eigenvalue weighted by atomic mass is 10.0. The highest BCUT2D eigenvalue weighted by molar-refractivity contribution is 7.13. The van der Waals surface area contributed by atoms with Crippen LogP contribution in [0.25, 0.3) is 21.7 Å². The van der Waals surface area contributed by atoms with Crippen molar-refractivity contribution in [2.45, 2.75) is 13.0 Å². The molecule has 3 aromatic rings. The number of nitrogens with zero attached hydrogens (tertiary/aromatic N) is 1. The van der Waals surface area contributed by atoms with Crippen molar-refractivity contribution in [1.82, 2.24) is 4.98 Å². The summed E-state index contributed by atoms with van der Waals surface area (Å²) < 4.78 is 0. The van der Waals surface area contributed by atoms with Crippen molar-refractivity contribution in [2.24, 2.45) is 5.73 Å². The molecule has 0 aliphatic carbocycles. The molecule has 1 heterocycles. The normalized spacial score (nSPS) is 12.3. The molecule has 1 atom stereocenters. The molecular weight excluding hydrogens is 264 g/mol. The van der Waals surface area contributed by atoms with Gasteiger partial charge in [0.15, 0.2) is 0 Å². The number of rotatable bonds is 3. The highest BCUT2D eigenvalue weighted by Gasteiger charge is 2.07. The molecular formula is C17H16N2S. The van der Waals surface area contributed by atoms with Crippen LogP contribution in [-0.2, 0) is 0 Å². The van der Waals surface area contributed by atoms with E-state index in [4.69, 9.17) is 5.73 Å². The summed E-state index contributed by atoms with van der Waals surface area (Å²) in [4.78, 5) is 4.58. The zero-order chi connectivity index (χ0) is 13.9. The van der Waals surface area contributed by atoms with Gasteiger partial charge in [0.05, 0.1) is 5.69 Å². The van der Waals surface area contributed by atoms with E-state index < -0.39 is 0 Å². The molecule has 0 amide bonds. The predicted octanol–water partition coefficient (Wildman–Crippen LogP) is 4.50. The summed E-state index contributed by atoms with van der Waals surface area (Å²) in [5.41, 5.74) is 10.4. The van der Waals surface area contributed by atoms with Crippen molar-refractivity contribution in [1.29, 1.82) is 0 Å². The third-order valence-electron chi connectivity index (χ3n) is 3.23. The SMILES string of the molecule is CC(N)c1csc(-c2ccc(-c3ccccc3)cc2)n1. The summed E-state index contributed by atoms with van der Waals surface area (Å²) in [5.74, 6) is 0. The summed E-state index contributed by atoms with van der Waals surface area (Å²) in [6, 6.07) is 18.9. The molecule has 0 saturated heterocycles. The van der Waals surface area contributed by atoms with Gasteiger partial charge in [0.25, 0.3) is 0 Å². The van der Waals surface area contributed by atoms with Crippen molar-refractivity contribution < 1.29 is 0 Å². The van der Waals surface area contributed by atoms with Crippen LogP contribution in [0.3, 0.4) is 0 Å². The number of aromatic nitrogens is 1. The molecule has 0 aliphatic heterocycles. The quantitative estimate of drug-likeness (QED) is 0.767. The van der Waals surface area contributed by atoms with Crippen molar-refractivity contribution in [3.63, 3.8) is 0 Å². The average molecular weight is 280 g/mol. The van der Waals surface area contributed by atoms with Gasteiger partial charge in [-0.2, -0.15) is 0 Å². The molecule has 0 saturated carbocycles. The fourth-order valence-corrected chi connectivity index (χ4v) is 2.99. The van der Waals surface area contributed by atoms with E-state index in [1.807, 2.05) is 18.4 Å². The molecule has 1 aromatic heterocycles. The Balaban J connectivity index is 1.89. The molecule has 0 radical (unpaired) electrons. The van der Waals surface area contributed by atoms with Crippen LogP contribution in [0.1, 0.15) is 18.7 Å². The van der Waals surface area contributed by atoms with Crippen molar-refractivity contribution in [3.8, 4) is 21.7 Å². The van der Waals surface area contributed by atoms with Crippen LogP contribution in [0.4, 0.5) is 0 Å². The van der Waals surface area contributed by atoms with Crippen molar-refractivity contribution in [3.05, 3.63) is 65.7 Å². The highest BCUT2D eigenvalue weighted by Crippen LogP contribution is 2.28. The molecule has 20 heavy (non-hydrogen) atoms. The van der Waals surface area contributed by atoms with Crippen LogP contribution in [0, 0.1) is 0 Å². The second-order valence-corrected chi connectivity index (χ2v) is 5.67.